The Morgan fingerprint density at radius 2 is 2.24 bits per heavy atom. The Morgan fingerprint density at radius 1 is 1.38 bits per heavy atom. The van der Waals surface area contributed by atoms with E-state index in [-0.39, 0.29) is 0 Å². The average molecular weight is 371 g/mol. The summed E-state index contributed by atoms with van der Waals surface area (Å²) < 4.78 is 11.5. The lowest BCUT2D eigenvalue weighted by atomic mass is 10.2. The average Bonchev–Trinajstić information content (AvgIpc) is 2.96. The minimum absolute atomic E-state index is 0.772. The highest BCUT2D eigenvalue weighted by Crippen LogP contribution is 2.31. The van der Waals surface area contributed by atoms with Crippen LogP contribution in [0.15, 0.2) is 28.1 Å². The molecule has 0 fully saturated rings. The third-order valence-electron chi connectivity index (χ3n) is 2.90. The van der Waals surface area contributed by atoms with Gasteiger partial charge in [0, 0.05) is 30.7 Å². The molecule has 114 valence electrons. The van der Waals surface area contributed by atoms with Gasteiger partial charge in [0.2, 0.25) is 0 Å². The smallest absolute Gasteiger partial charge is 0.183 e. The summed E-state index contributed by atoms with van der Waals surface area (Å²) >= 11 is 5.11. The van der Waals surface area contributed by atoms with Gasteiger partial charge in [0.1, 0.15) is 5.75 Å². The van der Waals surface area contributed by atoms with Crippen molar-refractivity contribution in [2.45, 2.75) is 13.3 Å². The summed E-state index contributed by atoms with van der Waals surface area (Å²) in [7, 11) is 1.66. The summed E-state index contributed by atoms with van der Waals surface area (Å²) in [5, 5.41) is 6.31. The van der Waals surface area contributed by atoms with E-state index in [0.717, 1.165) is 52.8 Å². The molecule has 4 nitrogen and oxygen atoms in total. The highest BCUT2D eigenvalue weighted by Gasteiger charge is 2.07. The summed E-state index contributed by atoms with van der Waals surface area (Å²) in [5.74, 6) is 0.822. The topological polar surface area (TPSA) is 43.4 Å². The second-order valence-corrected chi connectivity index (χ2v) is 6.08. The molecule has 0 saturated heterocycles. The van der Waals surface area contributed by atoms with Crippen LogP contribution in [-0.2, 0) is 4.74 Å². The number of hydrogen-bond acceptors (Lipinski definition) is 5. The molecule has 6 heteroatoms. The Hall–Kier alpha value is -1.11. The number of nitrogens with one attached hydrogen (secondary N) is 1. The Kier molecular flexibility index (Phi) is 6.48. The first-order valence-corrected chi connectivity index (χ1v) is 8.53. The normalized spacial score (nSPS) is 10.6. The lowest BCUT2D eigenvalue weighted by Crippen LogP contribution is -2.05. The monoisotopic (exact) mass is 370 g/mol. The van der Waals surface area contributed by atoms with Crippen molar-refractivity contribution in [1.29, 1.82) is 0 Å². The number of thiazole rings is 1. The Labute approximate surface area is 137 Å². The fourth-order valence-corrected chi connectivity index (χ4v) is 3.12. The van der Waals surface area contributed by atoms with Gasteiger partial charge in [-0.3, -0.25) is 0 Å². The molecule has 1 heterocycles. The molecule has 0 atom stereocenters. The number of anilines is 1. The van der Waals surface area contributed by atoms with Crippen molar-refractivity contribution in [2.24, 2.45) is 0 Å². The van der Waals surface area contributed by atoms with Gasteiger partial charge < -0.3 is 14.8 Å². The minimum Gasteiger partial charge on any atom is -0.496 e. The summed E-state index contributed by atoms with van der Waals surface area (Å²) in [6.07, 6.45) is 0.983. The van der Waals surface area contributed by atoms with Crippen LogP contribution in [0.2, 0.25) is 0 Å². The minimum atomic E-state index is 0.772. The van der Waals surface area contributed by atoms with Gasteiger partial charge in [0.05, 0.1) is 17.3 Å². The van der Waals surface area contributed by atoms with Crippen molar-refractivity contribution >= 4 is 32.4 Å². The second kappa shape index (κ2) is 8.36. The lowest BCUT2D eigenvalue weighted by molar-refractivity contribution is 0.147. The molecule has 0 radical (unpaired) electrons. The molecular formula is C15H19BrN2O2S. The molecule has 0 aliphatic heterocycles. The summed E-state index contributed by atoms with van der Waals surface area (Å²) in [6.45, 7) is 4.44. The number of methoxy groups -OCH3 is 1. The van der Waals surface area contributed by atoms with E-state index in [4.69, 9.17) is 9.47 Å². The van der Waals surface area contributed by atoms with Crippen LogP contribution in [0.3, 0.4) is 0 Å². The van der Waals surface area contributed by atoms with Gasteiger partial charge in [-0.2, -0.15) is 0 Å². The molecule has 0 saturated carbocycles. The van der Waals surface area contributed by atoms with E-state index >= 15 is 0 Å². The largest absolute Gasteiger partial charge is 0.496 e. The van der Waals surface area contributed by atoms with Crippen LogP contribution in [0.1, 0.15) is 13.3 Å². The van der Waals surface area contributed by atoms with Gasteiger partial charge in [-0.05, 0) is 47.5 Å². The predicted molar refractivity (Wildman–Crippen MR) is 91.4 cm³/mol. The summed E-state index contributed by atoms with van der Waals surface area (Å²) in [4.78, 5) is 4.60. The molecule has 0 amide bonds. The van der Waals surface area contributed by atoms with Crippen LogP contribution < -0.4 is 10.1 Å². The van der Waals surface area contributed by atoms with E-state index in [0.29, 0.717) is 0 Å². The number of hydrogen-bond donors (Lipinski definition) is 1. The second-order valence-electron chi connectivity index (χ2n) is 4.36. The molecule has 0 aliphatic rings. The van der Waals surface area contributed by atoms with E-state index in [1.807, 2.05) is 25.1 Å². The molecule has 0 aliphatic carbocycles. The van der Waals surface area contributed by atoms with Crippen molar-refractivity contribution in [3.05, 3.63) is 28.1 Å². The summed E-state index contributed by atoms with van der Waals surface area (Å²) in [5.41, 5.74) is 2.04. The molecule has 0 unspecified atom stereocenters. The third kappa shape index (κ3) is 4.69. The molecule has 0 spiro atoms. The van der Waals surface area contributed by atoms with Gasteiger partial charge in [-0.15, -0.1) is 11.3 Å². The number of benzene rings is 1. The van der Waals surface area contributed by atoms with Gasteiger partial charge in [-0.25, -0.2) is 4.98 Å². The van der Waals surface area contributed by atoms with Crippen molar-refractivity contribution in [2.75, 3.05) is 32.2 Å². The van der Waals surface area contributed by atoms with Crippen molar-refractivity contribution in [3.8, 4) is 17.0 Å². The highest BCUT2D eigenvalue weighted by molar-refractivity contribution is 9.10. The predicted octanol–water partition coefficient (Wildman–Crippen LogP) is 4.42. The number of ether oxygens (including phenoxy) is 2. The molecule has 0 bridgehead atoms. The zero-order chi connectivity index (χ0) is 15.1. The van der Waals surface area contributed by atoms with Crippen LogP contribution >= 0.6 is 27.3 Å². The molecule has 2 aromatic rings. The first-order chi connectivity index (χ1) is 10.2. The lowest BCUT2D eigenvalue weighted by Gasteiger charge is -2.04. The van der Waals surface area contributed by atoms with Crippen LogP contribution in [0.5, 0.6) is 5.75 Å². The van der Waals surface area contributed by atoms with E-state index in [1.165, 1.54) is 0 Å². The van der Waals surface area contributed by atoms with Gasteiger partial charge in [-0.1, -0.05) is 0 Å². The maximum atomic E-state index is 5.31. The van der Waals surface area contributed by atoms with E-state index in [1.54, 1.807) is 18.4 Å². The highest BCUT2D eigenvalue weighted by atomic mass is 79.9. The first-order valence-electron chi connectivity index (χ1n) is 6.85. The van der Waals surface area contributed by atoms with E-state index in [9.17, 15) is 0 Å². The Bertz CT molecular complexity index is 575. The van der Waals surface area contributed by atoms with E-state index < -0.39 is 0 Å². The van der Waals surface area contributed by atoms with Gasteiger partial charge in [0.25, 0.3) is 0 Å². The van der Waals surface area contributed by atoms with Crippen molar-refractivity contribution < 1.29 is 9.47 Å². The van der Waals surface area contributed by atoms with Gasteiger partial charge >= 0.3 is 0 Å². The fourth-order valence-electron chi connectivity index (χ4n) is 1.83. The molecule has 21 heavy (non-hydrogen) atoms. The molecular weight excluding hydrogens is 352 g/mol. The molecule has 2 rings (SSSR count). The fraction of sp³-hybridized carbons (Fsp3) is 0.400. The van der Waals surface area contributed by atoms with Crippen LogP contribution in [-0.4, -0.2) is 31.9 Å². The van der Waals surface area contributed by atoms with E-state index in [2.05, 4.69) is 31.6 Å². The quantitative estimate of drug-likeness (QED) is 0.698. The first kappa shape index (κ1) is 16.3. The molecule has 1 aromatic heterocycles. The van der Waals surface area contributed by atoms with Gasteiger partial charge in [0.15, 0.2) is 5.13 Å². The number of nitrogens with zero attached hydrogens (tertiary/aromatic N) is 1. The maximum Gasteiger partial charge on any atom is 0.183 e. The standard InChI is InChI=1S/C15H19BrN2O2S/c1-3-20-8-4-7-17-15-18-13(10-21-15)11-5-6-14(19-2)12(16)9-11/h5-6,9-10H,3-4,7-8H2,1-2H3,(H,17,18). The van der Waals surface area contributed by atoms with Crippen LogP contribution in [0, 0.1) is 0 Å². The number of rotatable bonds is 8. The zero-order valence-corrected chi connectivity index (χ0v) is 14.6. The van der Waals surface area contributed by atoms with Crippen LogP contribution in [0.25, 0.3) is 11.3 Å². The molecule has 1 aromatic carbocycles. The molecule has 1 N–H and O–H groups in total. The Morgan fingerprint density at radius 3 is 2.95 bits per heavy atom. The number of halogens is 1. The maximum absolute atomic E-state index is 5.31. The summed E-state index contributed by atoms with van der Waals surface area (Å²) in [6, 6.07) is 5.97. The van der Waals surface area contributed by atoms with Crippen molar-refractivity contribution in [1.82, 2.24) is 4.98 Å². The zero-order valence-electron chi connectivity index (χ0n) is 12.2. The number of aromatic nitrogens is 1. The van der Waals surface area contributed by atoms with Crippen molar-refractivity contribution in [3.63, 3.8) is 0 Å². The third-order valence-corrected chi connectivity index (χ3v) is 4.32. The SMILES string of the molecule is CCOCCCNc1nc(-c2ccc(OC)c(Br)c2)cs1. The van der Waals surface area contributed by atoms with Crippen LogP contribution in [0.4, 0.5) is 5.13 Å². The Balaban J connectivity index is 1.94.